The van der Waals surface area contributed by atoms with Crippen molar-refractivity contribution < 1.29 is 9.84 Å². The summed E-state index contributed by atoms with van der Waals surface area (Å²) < 4.78 is 5.15. The van der Waals surface area contributed by atoms with Crippen LogP contribution in [0.25, 0.3) is 0 Å². The molecule has 1 aromatic carbocycles. The summed E-state index contributed by atoms with van der Waals surface area (Å²) in [7, 11) is 3.44. The normalized spacial score (nSPS) is 19.0. The van der Waals surface area contributed by atoms with E-state index in [1.54, 1.807) is 7.11 Å². The van der Waals surface area contributed by atoms with Crippen LogP contribution < -0.4 is 4.74 Å². The first kappa shape index (κ1) is 17.5. The standard InChI is InChI=1S/C14H19NO2.C4H10/c1-4-9-7-11-10(8-12(9)15-2)5-6-13(17-3)14(11)16;1-4(2)3/h5-6,9,16H,4,7-8H2,1-3H3;4H,1-3H3. The SMILES string of the molecule is CC(C)C.CCC1Cc2c(ccc(OC)c2O)CC1=NC. The van der Waals surface area contributed by atoms with Crippen molar-refractivity contribution in [1.82, 2.24) is 0 Å². The molecule has 0 saturated heterocycles. The van der Waals surface area contributed by atoms with Crippen LogP contribution in [0.15, 0.2) is 17.1 Å². The van der Waals surface area contributed by atoms with E-state index in [0.29, 0.717) is 17.4 Å². The van der Waals surface area contributed by atoms with Crippen molar-refractivity contribution in [2.24, 2.45) is 16.8 Å². The van der Waals surface area contributed by atoms with Gasteiger partial charge in [0.1, 0.15) is 0 Å². The van der Waals surface area contributed by atoms with Crippen molar-refractivity contribution in [3.05, 3.63) is 23.3 Å². The highest BCUT2D eigenvalue weighted by Gasteiger charge is 2.26. The highest BCUT2D eigenvalue weighted by molar-refractivity contribution is 5.91. The Morgan fingerprint density at radius 2 is 1.95 bits per heavy atom. The zero-order valence-electron chi connectivity index (χ0n) is 14.2. The number of methoxy groups -OCH3 is 1. The minimum atomic E-state index is 0.304. The molecule has 0 spiro atoms. The van der Waals surface area contributed by atoms with Crippen LogP contribution in [0.4, 0.5) is 0 Å². The first-order valence-electron chi connectivity index (χ1n) is 7.77. The molecule has 118 valence electrons. The fourth-order valence-electron chi connectivity index (χ4n) is 2.56. The second-order valence-corrected chi connectivity index (χ2v) is 6.19. The zero-order valence-corrected chi connectivity index (χ0v) is 14.2. The lowest BCUT2D eigenvalue weighted by atomic mass is 9.80. The van der Waals surface area contributed by atoms with E-state index in [1.165, 1.54) is 11.3 Å². The summed E-state index contributed by atoms with van der Waals surface area (Å²) in [6.07, 6.45) is 2.77. The zero-order chi connectivity index (χ0) is 16.0. The molecule has 0 fully saturated rings. The summed E-state index contributed by atoms with van der Waals surface area (Å²) in [5.41, 5.74) is 3.45. The molecule has 1 atom stereocenters. The Labute approximate surface area is 129 Å². The second-order valence-electron chi connectivity index (χ2n) is 6.19. The third-order valence-corrected chi connectivity index (χ3v) is 3.64. The largest absolute Gasteiger partial charge is 0.504 e. The average molecular weight is 291 g/mol. The Bertz CT molecular complexity index is 489. The molecule has 0 heterocycles. The summed E-state index contributed by atoms with van der Waals surface area (Å²) in [4.78, 5) is 4.37. The summed E-state index contributed by atoms with van der Waals surface area (Å²) in [5, 5.41) is 10.1. The molecule has 1 unspecified atom stereocenters. The number of ether oxygens (including phenoxy) is 1. The molecule has 1 aliphatic rings. The third kappa shape index (κ3) is 4.48. The van der Waals surface area contributed by atoms with Gasteiger partial charge < -0.3 is 9.84 Å². The average Bonchev–Trinajstić information content (AvgIpc) is 2.46. The fourth-order valence-corrected chi connectivity index (χ4v) is 2.56. The molecule has 1 aliphatic carbocycles. The van der Waals surface area contributed by atoms with E-state index in [-0.39, 0.29) is 0 Å². The number of hydrogen-bond donors (Lipinski definition) is 1. The molecule has 0 bridgehead atoms. The molecule has 1 aromatic rings. The number of fused-ring (bicyclic) bond motifs is 1. The Hall–Kier alpha value is -1.51. The molecule has 0 amide bonds. The molecule has 2 rings (SSSR count). The van der Waals surface area contributed by atoms with Crippen LogP contribution in [0.1, 0.15) is 45.2 Å². The Morgan fingerprint density at radius 1 is 1.33 bits per heavy atom. The summed E-state index contributed by atoms with van der Waals surface area (Å²) in [5.74, 6) is 2.15. The lowest BCUT2D eigenvalue weighted by Gasteiger charge is -2.26. The van der Waals surface area contributed by atoms with Gasteiger partial charge in [-0.2, -0.15) is 0 Å². The van der Waals surface area contributed by atoms with Crippen molar-refractivity contribution in [2.45, 2.75) is 47.0 Å². The molecule has 1 N–H and O–H groups in total. The van der Waals surface area contributed by atoms with Gasteiger partial charge in [0, 0.05) is 30.7 Å². The first-order valence-corrected chi connectivity index (χ1v) is 7.77. The van der Waals surface area contributed by atoms with Crippen LogP contribution >= 0.6 is 0 Å². The van der Waals surface area contributed by atoms with Gasteiger partial charge in [0.2, 0.25) is 0 Å². The van der Waals surface area contributed by atoms with E-state index in [9.17, 15) is 5.11 Å². The predicted octanol–water partition coefficient (Wildman–Crippen LogP) is 4.26. The first-order chi connectivity index (χ1) is 9.94. The predicted molar refractivity (Wildman–Crippen MR) is 89.7 cm³/mol. The molecule has 3 heteroatoms. The third-order valence-electron chi connectivity index (χ3n) is 3.64. The Kier molecular flexibility index (Phi) is 6.73. The molecular formula is C18H29NO2. The summed E-state index contributed by atoms with van der Waals surface area (Å²) in [6, 6.07) is 3.86. The molecule has 0 aliphatic heterocycles. The number of hydrogen-bond acceptors (Lipinski definition) is 3. The summed E-state index contributed by atoms with van der Waals surface area (Å²) >= 11 is 0. The number of rotatable bonds is 2. The quantitative estimate of drug-likeness (QED) is 0.884. The second kappa shape index (κ2) is 8.06. The van der Waals surface area contributed by atoms with E-state index in [1.807, 2.05) is 19.2 Å². The van der Waals surface area contributed by atoms with E-state index >= 15 is 0 Å². The Morgan fingerprint density at radius 3 is 2.43 bits per heavy atom. The summed E-state index contributed by atoms with van der Waals surface area (Å²) in [6.45, 7) is 8.66. The highest BCUT2D eigenvalue weighted by Crippen LogP contribution is 2.37. The molecular weight excluding hydrogens is 262 g/mol. The van der Waals surface area contributed by atoms with Crippen molar-refractivity contribution in [2.75, 3.05) is 14.2 Å². The Balaban J connectivity index is 0.000000491. The minimum absolute atomic E-state index is 0.304. The van der Waals surface area contributed by atoms with E-state index < -0.39 is 0 Å². The molecule has 3 nitrogen and oxygen atoms in total. The van der Waals surface area contributed by atoms with Crippen LogP contribution in [0.2, 0.25) is 0 Å². The number of phenolic OH excluding ortho intramolecular Hbond substituents is 1. The minimum Gasteiger partial charge on any atom is -0.504 e. The van der Waals surface area contributed by atoms with E-state index in [2.05, 4.69) is 32.7 Å². The van der Waals surface area contributed by atoms with Gasteiger partial charge in [-0.15, -0.1) is 0 Å². The van der Waals surface area contributed by atoms with E-state index in [0.717, 1.165) is 30.7 Å². The smallest absolute Gasteiger partial charge is 0.161 e. The number of aromatic hydroxyl groups is 1. The van der Waals surface area contributed by atoms with Crippen LogP contribution in [-0.4, -0.2) is 25.0 Å². The van der Waals surface area contributed by atoms with Crippen LogP contribution in [0.5, 0.6) is 11.5 Å². The molecule has 0 radical (unpaired) electrons. The monoisotopic (exact) mass is 291 g/mol. The van der Waals surface area contributed by atoms with Gasteiger partial charge in [-0.1, -0.05) is 33.8 Å². The highest BCUT2D eigenvalue weighted by atomic mass is 16.5. The van der Waals surface area contributed by atoms with Gasteiger partial charge >= 0.3 is 0 Å². The van der Waals surface area contributed by atoms with Crippen LogP contribution in [0.3, 0.4) is 0 Å². The fraction of sp³-hybridized carbons (Fsp3) is 0.611. The van der Waals surface area contributed by atoms with Gasteiger partial charge in [0.25, 0.3) is 0 Å². The molecule has 21 heavy (non-hydrogen) atoms. The van der Waals surface area contributed by atoms with Gasteiger partial charge in [-0.25, -0.2) is 0 Å². The van der Waals surface area contributed by atoms with Gasteiger partial charge in [-0.05, 0) is 30.4 Å². The van der Waals surface area contributed by atoms with Crippen molar-refractivity contribution in [3.8, 4) is 11.5 Å². The maximum Gasteiger partial charge on any atom is 0.161 e. The molecule has 0 aromatic heterocycles. The van der Waals surface area contributed by atoms with E-state index in [4.69, 9.17) is 4.74 Å². The van der Waals surface area contributed by atoms with Gasteiger partial charge in [-0.3, -0.25) is 4.99 Å². The maximum atomic E-state index is 10.1. The van der Waals surface area contributed by atoms with Crippen molar-refractivity contribution >= 4 is 5.71 Å². The van der Waals surface area contributed by atoms with Crippen molar-refractivity contribution in [1.29, 1.82) is 0 Å². The van der Waals surface area contributed by atoms with Crippen molar-refractivity contribution in [3.63, 3.8) is 0 Å². The lowest BCUT2D eigenvalue weighted by Crippen LogP contribution is -2.25. The maximum absolute atomic E-state index is 10.1. The van der Waals surface area contributed by atoms with Crippen LogP contribution in [-0.2, 0) is 12.8 Å². The number of nitrogens with zero attached hydrogens (tertiary/aromatic N) is 1. The number of aliphatic imine (C=N–C) groups is 1. The lowest BCUT2D eigenvalue weighted by molar-refractivity contribution is 0.368. The van der Waals surface area contributed by atoms with Gasteiger partial charge in [0.15, 0.2) is 11.5 Å². The topological polar surface area (TPSA) is 41.8 Å². The van der Waals surface area contributed by atoms with Crippen LogP contribution in [0, 0.1) is 11.8 Å². The molecule has 0 saturated carbocycles. The number of phenols is 1. The van der Waals surface area contributed by atoms with Gasteiger partial charge in [0.05, 0.1) is 7.11 Å². The number of benzene rings is 1.